The molecular formula is C21H20O6S. The number of aryl methyl sites for hydroxylation is 1. The number of benzene rings is 2. The molecule has 3 rings (SSSR count). The van der Waals surface area contributed by atoms with Crippen LogP contribution < -0.4 is 5.63 Å². The maximum absolute atomic E-state index is 12.2. The molecule has 0 saturated carbocycles. The molecule has 1 aromatic heterocycles. The van der Waals surface area contributed by atoms with E-state index in [-0.39, 0.29) is 23.7 Å². The van der Waals surface area contributed by atoms with Gasteiger partial charge < -0.3 is 9.15 Å². The van der Waals surface area contributed by atoms with Crippen molar-refractivity contribution in [3.63, 3.8) is 0 Å². The van der Waals surface area contributed by atoms with E-state index in [9.17, 15) is 18.0 Å². The van der Waals surface area contributed by atoms with Crippen LogP contribution in [-0.4, -0.2) is 20.1 Å². The first-order valence-electron chi connectivity index (χ1n) is 8.88. The van der Waals surface area contributed by atoms with Crippen LogP contribution >= 0.6 is 0 Å². The van der Waals surface area contributed by atoms with Crippen LogP contribution in [0.3, 0.4) is 0 Å². The maximum atomic E-state index is 12.2. The van der Waals surface area contributed by atoms with Gasteiger partial charge in [0.05, 0.1) is 17.1 Å². The van der Waals surface area contributed by atoms with Crippen molar-refractivity contribution in [1.29, 1.82) is 0 Å². The molecule has 7 heteroatoms. The number of hydrogen-bond donors (Lipinski definition) is 0. The zero-order valence-electron chi connectivity index (χ0n) is 15.4. The van der Waals surface area contributed by atoms with Crippen LogP contribution in [0.1, 0.15) is 24.5 Å². The van der Waals surface area contributed by atoms with Crippen LogP contribution in [0.2, 0.25) is 0 Å². The van der Waals surface area contributed by atoms with E-state index in [1.165, 1.54) is 18.2 Å². The summed E-state index contributed by atoms with van der Waals surface area (Å²) >= 11 is 0. The first-order valence-corrected chi connectivity index (χ1v) is 10.5. The third-order valence-electron chi connectivity index (χ3n) is 4.37. The maximum Gasteiger partial charge on any atom is 0.336 e. The molecule has 0 bridgehead atoms. The molecule has 0 atom stereocenters. The first kappa shape index (κ1) is 19.8. The number of ether oxygens (including phenoxy) is 1. The van der Waals surface area contributed by atoms with Gasteiger partial charge in [0.25, 0.3) is 0 Å². The highest BCUT2D eigenvalue weighted by atomic mass is 32.2. The molecule has 0 amide bonds. The number of fused-ring (bicyclic) bond motifs is 1. The van der Waals surface area contributed by atoms with E-state index in [2.05, 4.69) is 0 Å². The molecule has 146 valence electrons. The molecule has 1 heterocycles. The average Bonchev–Trinajstić information content (AvgIpc) is 2.70. The van der Waals surface area contributed by atoms with E-state index < -0.39 is 21.4 Å². The number of carbonyl (C=O) groups excluding carboxylic acids is 1. The fraction of sp³-hybridized carbons (Fsp3) is 0.238. The molecular weight excluding hydrogens is 380 g/mol. The van der Waals surface area contributed by atoms with Gasteiger partial charge in [0.1, 0.15) is 12.2 Å². The Bertz CT molecular complexity index is 1150. The molecule has 0 unspecified atom stereocenters. The Labute approximate surface area is 162 Å². The standard InChI is InChI=1S/C21H20O6S/c1-2-15-8-9-18-16(13-21(23)27-19(18)12-15)14-26-20(22)10-11-28(24,25)17-6-4-3-5-7-17/h3-9,12-13H,2,10-11,14H2,1H3. The highest BCUT2D eigenvalue weighted by molar-refractivity contribution is 7.91. The van der Waals surface area contributed by atoms with Crippen molar-refractivity contribution in [2.45, 2.75) is 31.3 Å². The Kier molecular flexibility index (Phi) is 5.94. The lowest BCUT2D eigenvalue weighted by molar-refractivity contribution is -0.144. The van der Waals surface area contributed by atoms with Crippen LogP contribution in [0.25, 0.3) is 11.0 Å². The van der Waals surface area contributed by atoms with E-state index in [0.717, 1.165) is 12.0 Å². The van der Waals surface area contributed by atoms with E-state index in [0.29, 0.717) is 16.5 Å². The second-order valence-corrected chi connectivity index (χ2v) is 8.43. The minimum Gasteiger partial charge on any atom is -0.461 e. The molecule has 3 aromatic rings. The third kappa shape index (κ3) is 4.67. The Hall–Kier alpha value is -2.93. The van der Waals surface area contributed by atoms with Gasteiger partial charge in [-0.2, -0.15) is 0 Å². The first-order chi connectivity index (χ1) is 13.4. The van der Waals surface area contributed by atoms with Crippen molar-refractivity contribution < 1.29 is 22.4 Å². The Balaban J connectivity index is 1.67. The van der Waals surface area contributed by atoms with Gasteiger partial charge in [0.15, 0.2) is 9.84 Å². The average molecular weight is 400 g/mol. The fourth-order valence-corrected chi connectivity index (χ4v) is 4.05. The lowest BCUT2D eigenvalue weighted by atomic mass is 10.1. The zero-order valence-corrected chi connectivity index (χ0v) is 16.2. The molecule has 0 aliphatic carbocycles. The highest BCUT2D eigenvalue weighted by Crippen LogP contribution is 2.20. The largest absolute Gasteiger partial charge is 0.461 e. The molecule has 0 saturated heterocycles. The lowest BCUT2D eigenvalue weighted by Gasteiger charge is -2.08. The smallest absolute Gasteiger partial charge is 0.336 e. The molecule has 0 radical (unpaired) electrons. The summed E-state index contributed by atoms with van der Waals surface area (Å²) in [5, 5.41) is 0.682. The van der Waals surface area contributed by atoms with E-state index in [4.69, 9.17) is 9.15 Å². The van der Waals surface area contributed by atoms with Gasteiger partial charge in [-0.15, -0.1) is 0 Å². The summed E-state index contributed by atoms with van der Waals surface area (Å²) in [5.41, 5.74) is 1.45. The summed E-state index contributed by atoms with van der Waals surface area (Å²) in [6.45, 7) is 1.87. The second-order valence-electron chi connectivity index (χ2n) is 6.32. The summed E-state index contributed by atoms with van der Waals surface area (Å²) in [5.74, 6) is -0.987. The number of carbonyl (C=O) groups is 1. The van der Waals surface area contributed by atoms with Crippen molar-refractivity contribution in [2.24, 2.45) is 0 Å². The summed E-state index contributed by atoms with van der Waals surface area (Å²) in [6.07, 6.45) is 0.533. The van der Waals surface area contributed by atoms with Crippen molar-refractivity contribution >= 4 is 26.8 Å². The van der Waals surface area contributed by atoms with Gasteiger partial charge in [0, 0.05) is 17.0 Å². The molecule has 0 spiro atoms. The van der Waals surface area contributed by atoms with Crippen molar-refractivity contribution in [2.75, 3.05) is 5.75 Å². The minimum atomic E-state index is -3.55. The van der Waals surface area contributed by atoms with Gasteiger partial charge in [0.2, 0.25) is 0 Å². The number of sulfone groups is 1. The predicted molar refractivity (Wildman–Crippen MR) is 105 cm³/mol. The van der Waals surface area contributed by atoms with Gasteiger partial charge >= 0.3 is 11.6 Å². The summed E-state index contributed by atoms with van der Waals surface area (Å²) in [4.78, 5) is 24.0. The normalized spacial score (nSPS) is 11.5. The summed E-state index contributed by atoms with van der Waals surface area (Å²) in [6, 6.07) is 14.7. The lowest BCUT2D eigenvalue weighted by Crippen LogP contribution is -2.14. The van der Waals surface area contributed by atoms with Crippen LogP contribution in [0.5, 0.6) is 0 Å². The quantitative estimate of drug-likeness (QED) is 0.447. The van der Waals surface area contributed by atoms with Gasteiger partial charge in [-0.05, 0) is 30.2 Å². The summed E-state index contributed by atoms with van der Waals surface area (Å²) < 4.78 is 34.9. The second kappa shape index (κ2) is 8.39. The Morgan fingerprint density at radius 1 is 1.07 bits per heavy atom. The van der Waals surface area contributed by atoms with Crippen molar-refractivity contribution in [3.8, 4) is 0 Å². The summed E-state index contributed by atoms with van der Waals surface area (Å²) in [7, 11) is -3.55. The van der Waals surface area contributed by atoms with Crippen LogP contribution in [0, 0.1) is 0 Å². The Morgan fingerprint density at radius 2 is 1.82 bits per heavy atom. The van der Waals surface area contributed by atoms with Crippen LogP contribution in [-0.2, 0) is 32.4 Å². The van der Waals surface area contributed by atoms with Crippen LogP contribution in [0.15, 0.2) is 68.7 Å². The van der Waals surface area contributed by atoms with E-state index in [1.807, 2.05) is 19.1 Å². The van der Waals surface area contributed by atoms with Gasteiger partial charge in [-0.25, -0.2) is 13.2 Å². The van der Waals surface area contributed by atoms with Crippen molar-refractivity contribution in [1.82, 2.24) is 0 Å². The third-order valence-corrected chi connectivity index (χ3v) is 6.10. The van der Waals surface area contributed by atoms with Crippen molar-refractivity contribution in [3.05, 3.63) is 76.1 Å². The predicted octanol–water partition coefficient (Wildman–Crippen LogP) is 3.26. The molecule has 0 N–H and O–H groups in total. The number of hydrogen-bond acceptors (Lipinski definition) is 6. The minimum absolute atomic E-state index is 0.127. The molecule has 6 nitrogen and oxygen atoms in total. The molecule has 28 heavy (non-hydrogen) atoms. The zero-order chi connectivity index (χ0) is 20.1. The van der Waals surface area contributed by atoms with E-state index in [1.54, 1.807) is 24.3 Å². The van der Waals surface area contributed by atoms with Gasteiger partial charge in [-0.1, -0.05) is 37.3 Å². The monoisotopic (exact) mass is 400 g/mol. The van der Waals surface area contributed by atoms with Crippen LogP contribution in [0.4, 0.5) is 0 Å². The SMILES string of the molecule is CCc1ccc2c(COC(=O)CCS(=O)(=O)c3ccccc3)cc(=O)oc2c1. The molecule has 2 aromatic carbocycles. The highest BCUT2D eigenvalue weighted by Gasteiger charge is 2.17. The van der Waals surface area contributed by atoms with Gasteiger partial charge in [-0.3, -0.25) is 4.79 Å². The van der Waals surface area contributed by atoms with E-state index >= 15 is 0 Å². The molecule has 0 fully saturated rings. The fourth-order valence-electron chi connectivity index (χ4n) is 2.81. The molecule has 0 aliphatic rings. The number of esters is 1. The topological polar surface area (TPSA) is 90.7 Å². The molecule has 0 aliphatic heterocycles. The number of rotatable bonds is 7. The Morgan fingerprint density at radius 3 is 2.54 bits per heavy atom.